The number of hydrogen-bond donors (Lipinski definition) is 3. The van der Waals surface area contributed by atoms with Gasteiger partial charge < -0.3 is 16.0 Å². The SMILES string of the molecule is Cc1ccc2nc(CN=C(N)NC(C)(C)C)[nH]c2c1.I. The number of nitrogens with zero attached hydrogens (tertiary/aromatic N) is 2. The minimum Gasteiger partial charge on any atom is -0.370 e. The fraction of sp³-hybridized carbons (Fsp3) is 0.429. The number of hydrogen-bond acceptors (Lipinski definition) is 2. The summed E-state index contributed by atoms with van der Waals surface area (Å²) in [5, 5.41) is 3.12. The van der Waals surface area contributed by atoms with E-state index in [9.17, 15) is 0 Å². The number of aromatic nitrogens is 2. The second-order valence-corrected chi connectivity index (χ2v) is 5.78. The topological polar surface area (TPSA) is 79.1 Å². The molecule has 5 nitrogen and oxygen atoms in total. The smallest absolute Gasteiger partial charge is 0.189 e. The summed E-state index contributed by atoms with van der Waals surface area (Å²) in [6, 6.07) is 6.13. The van der Waals surface area contributed by atoms with Gasteiger partial charge >= 0.3 is 0 Å². The number of nitrogens with two attached hydrogens (primary N) is 1. The highest BCUT2D eigenvalue weighted by Crippen LogP contribution is 2.13. The van der Waals surface area contributed by atoms with Crippen LogP contribution in [-0.4, -0.2) is 21.5 Å². The molecule has 1 aromatic carbocycles. The molecule has 0 aliphatic rings. The number of nitrogens with one attached hydrogen (secondary N) is 2. The van der Waals surface area contributed by atoms with Crippen molar-refractivity contribution in [3.05, 3.63) is 29.6 Å². The van der Waals surface area contributed by atoms with Gasteiger partial charge in [0, 0.05) is 5.54 Å². The Balaban J connectivity index is 0.00000200. The van der Waals surface area contributed by atoms with E-state index < -0.39 is 0 Å². The molecule has 2 rings (SSSR count). The number of benzene rings is 1. The maximum Gasteiger partial charge on any atom is 0.189 e. The fourth-order valence-electron chi connectivity index (χ4n) is 1.83. The van der Waals surface area contributed by atoms with E-state index in [4.69, 9.17) is 5.73 Å². The molecule has 0 aliphatic heterocycles. The first-order chi connectivity index (χ1) is 8.83. The second-order valence-electron chi connectivity index (χ2n) is 5.78. The van der Waals surface area contributed by atoms with Gasteiger partial charge in [0.05, 0.1) is 11.0 Å². The van der Waals surface area contributed by atoms with Crippen molar-refractivity contribution in [2.45, 2.75) is 39.8 Å². The molecule has 0 radical (unpaired) electrons. The molecular formula is C14H22IN5. The normalized spacial score (nSPS) is 12.3. The number of aliphatic imine (C=N–C) groups is 1. The zero-order valence-electron chi connectivity index (χ0n) is 12.3. The summed E-state index contributed by atoms with van der Waals surface area (Å²) in [7, 11) is 0. The molecule has 0 bridgehead atoms. The monoisotopic (exact) mass is 387 g/mol. The van der Waals surface area contributed by atoms with Crippen molar-refractivity contribution in [3.8, 4) is 0 Å². The highest BCUT2D eigenvalue weighted by atomic mass is 127. The molecule has 2 aromatic rings. The molecule has 0 saturated carbocycles. The van der Waals surface area contributed by atoms with Gasteiger partial charge in [0.1, 0.15) is 12.4 Å². The molecule has 0 spiro atoms. The standard InChI is InChI=1S/C14H21N5.HI/c1-9-5-6-10-11(7-9)18-12(17-10)8-16-13(15)19-14(2,3)4;/h5-7H,8H2,1-4H3,(H,17,18)(H3,15,16,19);1H. The predicted molar refractivity (Wildman–Crippen MR) is 94.5 cm³/mol. The number of aryl methyl sites for hydroxylation is 1. The van der Waals surface area contributed by atoms with Crippen LogP contribution in [0.4, 0.5) is 0 Å². The van der Waals surface area contributed by atoms with Crippen molar-refractivity contribution >= 4 is 41.0 Å². The van der Waals surface area contributed by atoms with Gasteiger partial charge in [-0.05, 0) is 45.4 Å². The van der Waals surface area contributed by atoms with Crippen LogP contribution in [0.25, 0.3) is 11.0 Å². The Labute approximate surface area is 136 Å². The van der Waals surface area contributed by atoms with E-state index in [1.54, 1.807) is 0 Å². The first-order valence-corrected chi connectivity index (χ1v) is 6.37. The average molecular weight is 387 g/mol. The van der Waals surface area contributed by atoms with Gasteiger partial charge in [0.2, 0.25) is 0 Å². The molecule has 0 fully saturated rings. The molecular weight excluding hydrogens is 365 g/mol. The van der Waals surface area contributed by atoms with Gasteiger partial charge in [-0.25, -0.2) is 9.98 Å². The third-order valence-electron chi connectivity index (χ3n) is 2.59. The summed E-state index contributed by atoms with van der Waals surface area (Å²) < 4.78 is 0. The van der Waals surface area contributed by atoms with Crippen LogP contribution in [-0.2, 0) is 6.54 Å². The zero-order valence-corrected chi connectivity index (χ0v) is 14.6. The van der Waals surface area contributed by atoms with Gasteiger partial charge in [-0.15, -0.1) is 24.0 Å². The summed E-state index contributed by atoms with van der Waals surface area (Å²) in [4.78, 5) is 12.0. The van der Waals surface area contributed by atoms with Crippen LogP contribution in [0.3, 0.4) is 0 Å². The van der Waals surface area contributed by atoms with Crippen molar-refractivity contribution in [3.63, 3.8) is 0 Å². The first-order valence-electron chi connectivity index (χ1n) is 6.37. The third-order valence-corrected chi connectivity index (χ3v) is 2.59. The molecule has 110 valence electrons. The quantitative estimate of drug-likeness (QED) is 0.421. The molecule has 0 unspecified atom stereocenters. The number of rotatable bonds is 2. The summed E-state index contributed by atoms with van der Waals surface area (Å²) in [5.74, 6) is 1.25. The Kier molecular flexibility index (Phi) is 5.38. The van der Waals surface area contributed by atoms with E-state index in [2.05, 4.69) is 33.3 Å². The Hall–Kier alpha value is -1.31. The molecule has 0 saturated heterocycles. The van der Waals surface area contributed by atoms with E-state index in [1.807, 2.05) is 32.9 Å². The van der Waals surface area contributed by atoms with Crippen LogP contribution in [0.5, 0.6) is 0 Å². The molecule has 1 aromatic heterocycles. The maximum atomic E-state index is 5.82. The van der Waals surface area contributed by atoms with E-state index in [0.29, 0.717) is 12.5 Å². The third kappa shape index (κ3) is 4.66. The van der Waals surface area contributed by atoms with Crippen LogP contribution in [0, 0.1) is 6.92 Å². The number of imidazole rings is 1. The molecule has 4 N–H and O–H groups in total. The van der Waals surface area contributed by atoms with Crippen LogP contribution in [0.15, 0.2) is 23.2 Å². The van der Waals surface area contributed by atoms with Crippen LogP contribution in [0.2, 0.25) is 0 Å². The Morgan fingerprint density at radius 2 is 2.10 bits per heavy atom. The minimum atomic E-state index is -0.0847. The Morgan fingerprint density at radius 1 is 1.40 bits per heavy atom. The summed E-state index contributed by atoms with van der Waals surface area (Å²) in [6.45, 7) is 8.63. The van der Waals surface area contributed by atoms with E-state index in [0.717, 1.165) is 16.9 Å². The van der Waals surface area contributed by atoms with Crippen molar-refractivity contribution in [2.24, 2.45) is 10.7 Å². The van der Waals surface area contributed by atoms with Gasteiger partial charge in [-0.2, -0.15) is 0 Å². The average Bonchev–Trinajstić information content (AvgIpc) is 2.66. The van der Waals surface area contributed by atoms with Crippen molar-refractivity contribution in [2.75, 3.05) is 0 Å². The lowest BCUT2D eigenvalue weighted by atomic mass is 10.1. The molecule has 6 heteroatoms. The predicted octanol–water partition coefficient (Wildman–Crippen LogP) is 2.69. The maximum absolute atomic E-state index is 5.82. The van der Waals surface area contributed by atoms with Gasteiger partial charge in [-0.1, -0.05) is 6.07 Å². The summed E-state index contributed by atoms with van der Waals surface area (Å²) in [6.07, 6.45) is 0. The molecule has 1 heterocycles. The number of aromatic amines is 1. The van der Waals surface area contributed by atoms with E-state index in [-0.39, 0.29) is 29.5 Å². The lowest BCUT2D eigenvalue weighted by molar-refractivity contribution is 0.508. The Bertz CT molecular complexity index is 610. The summed E-state index contributed by atoms with van der Waals surface area (Å²) in [5.41, 5.74) is 8.94. The van der Waals surface area contributed by atoms with Gasteiger partial charge in [0.15, 0.2) is 5.96 Å². The lowest BCUT2D eigenvalue weighted by Gasteiger charge is -2.20. The van der Waals surface area contributed by atoms with Crippen LogP contribution in [0.1, 0.15) is 32.2 Å². The number of guanidine groups is 1. The van der Waals surface area contributed by atoms with Gasteiger partial charge in [0.25, 0.3) is 0 Å². The molecule has 0 atom stereocenters. The van der Waals surface area contributed by atoms with E-state index in [1.165, 1.54) is 5.56 Å². The second kappa shape index (κ2) is 6.43. The molecule has 0 aliphatic carbocycles. The van der Waals surface area contributed by atoms with Crippen molar-refractivity contribution in [1.29, 1.82) is 0 Å². The van der Waals surface area contributed by atoms with Crippen LogP contribution >= 0.6 is 24.0 Å². The highest BCUT2D eigenvalue weighted by molar-refractivity contribution is 14.0. The fourth-order valence-corrected chi connectivity index (χ4v) is 1.83. The Morgan fingerprint density at radius 3 is 2.75 bits per heavy atom. The largest absolute Gasteiger partial charge is 0.370 e. The summed E-state index contributed by atoms with van der Waals surface area (Å²) >= 11 is 0. The van der Waals surface area contributed by atoms with Crippen molar-refractivity contribution < 1.29 is 0 Å². The van der Waals surface area contributed by atoms with Crippen LogP contribution < -0.4 is 11.1 Å². The van der Waals surface area contributed by atoms with E-state index >= 15 is 0 Å². The molecule has 0 amide bonds. The highest BCUT2D eigenvalue weighted by Gasteiger charge is 2.10. The first kappa shape index (κ1) is 16.7. The minimum absolute atomic E-state index is 0. The number of fused-ring (bicyclic) bond motifs is 1. The van der Waals surface area contributed by atoms with Gasteiger partial charge in [-0.3, -0.25) is 0 Å². The van der Waals surface area contributed by atoms with Crippen molar-refractivity contribution in [1.82, 2.24) is 15.3 Å². The lowest BCUT2D eigenvalue weighted by Crippen LogP contribution is -2.45. The zero-order chi connectivity index (χ0) is 14.0. The number of halogens is 1. The number of H-pyrrole nitrogens is 1. The molecule has 20 heavy (non-hydrogen) atoms.